The minimum atomic E-state index is -0.162. The van der Waals surface area contributed by atoms with E-state index in [0.29, 0.717) is 24.3 Å². The Balaban J connectivity index is 2.60. The third kappa shape index (κ3) is 5.55. The Kier molecular flexibility index (Phi) is 7.46. The van der Waals surface area contributed by atoms with Crippen molar-refractivity contribution in [2.75, 3.05) is 33.9 Å². The van der Waals surface area contributed by atoms with Crippen molar-refractivity contribution in [1.29, 1.82) is 0 Å². The third-order valence-electron chi connectivity index (χ3n) is 3.18. The van der Waals surface area contributed by atoms with Gasteiger partial charge in [0.05, 0.1) is 6.61 Å². The molecular formula is C16H24N2O3. The van der Waals surface area contributed by atoms with Crippen LogP contribution in [-0.2, 0) is 4.74 Å². The van der Waals surface area contributed by atoms with E-state index < -0.39 is 0 Å². The number of rotatable bonds is 8. The van der Waals surface area contributed by atoms with E-state index in [1.54, 1.807) is 43.3 Å². The number of benzene rings is 1. The Morgan fingerprint density at radius 1 is 1.19 bits per heavy atom. The first-order chi connectivity index (χ1) is 10.1. The normalized spacial score (nSPS) is 10.2. The van der Waals surface area contributed by atoms with Crippen LogP contribution in [0.1, 0.15) is 40.5 Å². The summed E-state index contributed by atoms with van der Waals surface area (Å²) in [6.07, 6.45) is 2.04. The molecule has 0 heterocycles. The third-order valence-corrected chi connectivity index (χ3v) is 3.18. The quantitative estimate of drug-likeness (QED) is 0.745. The summed E-state index contributed by atoms with van der Waals surface area (Å²) in [5, 5.41) is 2.74. The molecule has 21 heavy (non-hydrogen) atoms. The summed E-state index contributed by atoms with van der Waals surface area (Å²) < 4.78 is 4.87. The second-order valence-corrected chi connectivity index (χ2v) is 4.91. The molecule has 0 unspecified atom stereocenters. The Hall–Kier alpha value is -1.88. The van der Waals surface area contributed by atoms with Crippen molar-refractivity contribution < 1.29 is 14.3 Å². The molecule has 1 rings (SSSR count). The number of carbonyl (C=O) groups excluding carboxylic acids is 2. The molecule has 0 aliphatic rings. The molecule has 5 heteroatoms. The van der Waals surface area contributed by atoms with Crippen molar-refractivity contribution >= 4 is 11.8 Å². The summed E-state index contributed by atoms with van der Waals surface area (Å²) in [4.78, 5) is 25.7. The van der Waals surface area contributed by atoms with Gasteiger partial charge in [0.15, 0.2) is 0 Å². The summed E-state index contributed by atoms with van der Waals surface area (Å²) in [5.41, 5.74) is 1.14. The number of nitrogens with zero attached hydrogens (tertiary/aromatic N) is 1. The molecule has 0 fully saturated rings. The smallest absolute Gasteiger partial charge is 0.253 e. The zero-order valence-electron chi connectivity index (χ0n) is 13.0. The first-order valence-corrected chi connectivity index (χ1v) is 7.22. The van der Waals surface area contributed by atoms with Gasteiger partial charge in [-0.05, 0) is 30.7 Å². The lowest BCUT2D eigenvalue weighted by Gasteiger charge is -2.16. The molecule has 0 aromatic heterocycles. The van der Waals surface area contributed by atoms with E-state index in [9.17, 15) is 9.59 Å². The van der Waals surface area contributed by atoms with Crippen LogP contribution in [0.25, 0.3) is 0 Å². The van der Waals surface area contributed by atoms with Crippen LogP contribution in [0.3, 0.4) is 0 Å². The first-order valence-electron chi connectivity index (χ1n) is 7.22. The Labute approximate surface area is 126 Å². The van der Waals surface area contributed by atoms with E-state index in [1.807, 2.05) is 0 Å². The number of amides is 2. The SMILES string of the molecule is CCCCN(C)C(=O)c1ccc(C(=O)NCCOC)cc1. The van der Waals surface area contributed by atoms with Gasteiger partial charge < -0.3 is 15.0 Å². The molecule has 2 amide bonds. The maximum Gasteiger partial charge on any atom is 0.253 e. The molecule has 1 aromatic carbocycles. The fourth-order valence-electron chi connectivity index (χ4n) is 1.85. The predicted molar refractivity (Wildman–Crippen MR) is 82.5 cm³/mol. The minimum absolute atomic E-state index is 0.0187. The molecule has 1 aromatic rings. The highest BCUT2D eigenvalue weighted by Crippen LogP contribution is 2.08. The van der Waals surface area contributed by atoms with Crippen molar-refractivity contribution in [1.82, 2.24) is 10.2 Å². The average Bonchev–Trinajstić information content (AvgIpc) is 2.52. The molecular weight excluding hydrogens is 268 g/mol. The van der Waals surface area contributed by atoms with Gasteiger partial charge in [-0.2, -0.15) is 0 Å². The summed E-state index contributed by atoms with van der Waals surface area (Å²) in [6.45, 7) is 3.78. The number of unbranched alkanes of at least 4 members (excludes halogenated alkanes) is 1. The van der Waals surface area contributed by atoms with Gasteiger partial charge in [-0.25, -0.2) is 0 Å². The summed E-state index contributed by atoms with van der Waals surface area (Å²) >= 11 is 0. The van der Waals surface area contributed by atoms with Crippen molar-refractivity contribution in [3.8, 4) is 0 Å². The molecule has 0 aliphatic heterocycles. The lowest BCUT2D eigenvalue weighted by molar-refractivity contribution is 0.0792. The number of ether oxygens (including phenoxy) is 1. The fourth-order valence-corrected chi connectivity index (χ4v) is 1.85. The molecule has 0 bridgehead atoms. The van der Waals surface area contributed by atoms with Crippen LogP contribution in [0, 0.1) is 0 Å². The lowest BCUT2D eigenvalue weighted by atomic mass is 10.1. The van der Waals surface area contributed by atoms with Gasteiger partial charge in [0, 0.05) is 38.4 Å². The van der Waals surface area contributed by atoms with Crippen LogP contribution < -0.4 is 5.32 Å². The molecule has 5 nitrogen and oxygen atoms in total. The zero-order chi connectivity index (χ0) is 15.7. The van der Waals surface area contributed by atoms with Gasteiger partial charge in [-0.3, -0.25) is 9.59 Å². The molecule has 116 valence electrons. The van der Waals surface area contributed by atoms with E-state index in [4.69, 9.17) is 4.74 Å². The average molecular weight is 292 g/mol. The van der Waals surface area contributed by atoms with Crippen LogP contribution in [0.5, 0.6) is 0 Å². The number of methoxy groups -OCH3 is 1. The van der Waals surface area contributed by atoms with E-state index in [0.717, 1.165) is 19.4 Å². The highest BCUT2D eigenvalue weighted by Gasteiger charge is 2.12. The van der Waals surface area contributed by atoms with Crippen molar-refractivity contribution in [3.05, 3.63) is 35.4 Å². The topological polar surface area (TPSA) is 58.6 Å². The second kappa shape index (κ2) is 9.13. The maximum absolute atomic E-state index is 12.2. The van der Waals surface area contributed by atoms with Crippen molar-refractivity contribution in [2.45, 2.75) is 19.8 Å². The molecule has 0 saturated carbocycles. The van der Waals surface area contributed by atoms with Gasteiger partial charge in [-0.1, -0.05) is 13.3 Å². The van der Waals surface area contributed by atoms with Gasteiger partial charge >= 0.3 is 0 Å². The van der Waals surface area contributed by atoms with Crippen LogP contribution >= 0.6 is 0 Å². The zero-order valence-corrected chi connectivity index (χ0v) is 13.0. The summed E-state index contributed by atoms with van der Waals surface area (Å²) in [7, 11) is 3.38. The van der Waals surface area contributed by atoms with E-state index in [1.165, 1.54) is 0 Å². The van der Waals surface area contributed by atoms with E-state index >= 15 is 0 Å². The highest BCUT2D eigenvalue weighted by atomic mass is 16.5. The Morgan fingerprint density at radius 2 is 1.81 bits per heavy atom. The van der Waals surface area contributed by atoms with E-state index in [2.05, 4.69) is 12.2 Å². The number of hydrogen-bond donors (Lipinski definition) is 1. The van der Waals surface area contributed by atoms with Crippen molar-refractivity contribution in [2.24, 2.45) is 0 Å². The number of hydrogen-bond acceptors (Lipinski definition) is 3. The second-order valence-electron chi connectivity index (χ2n) is 4.91. The van der Waals surface area contributed by atoms with Crippen LogP contribution in [0.4, 0.5) is 0 Å². The number of carbonyl (C=O) groups is 2. The van der Waals surface area contributed by atoms with Gasteiger partial charge in [0.2, 0.25) is 0 Å². The van der Waals surface area contributed by atoms with Crippen molar-refractivity contribution in [3.63, 3.8) is 0 Å². The molecule has 0 radical (unpaired) electrons. The van der Waals surface area contributed by atoms with Crippen LogP contribution in [-0.4, -0.2) is 50.6 Å². The predicted octanol–water partition coefficient (Wildman–Crippen LogP) is 1.93. The van der Waals surface area contributed by atoms with E-state index in [-0.39, 0.29) is 11.8 Å². The van der Waals surface area contributed by atoms with Crippen LogP contribution in [0.2, 0.25) is 0 Å². The lowest BCUT2D eigenvalue weighted by Crippen LogP contribution is -2.28. The van der Waals surface area contributed by atoms with Crippen LogP contribution in [0.15, 0.2) is 24.3 Å². The number of nitrogens with one attached hydrogen (secondary N) is 1. The highest BCUT2D eigenvalue weighted by molar-refractivity contribution is 5.97. The van der Waals surface area contributed by atoms with Gasteiger partial charge in [-0.15, -0.1) is 0 Å². The molecule has 0 spiro atoms. The molecule has 0 aliphatic carbocycles. The monoisotopic (exact) mass is 292 g/mol. The molecule has 0 saturated heterocycles. The standard InChI is InChI=1S/C16H24N2O3/c1-4-5-11-18(2)16(20)14-8-6-13(7-9-14)15(19)17-10-12-21-3/h6-9H,4-5,10-12H2,1-3H3,(H,17,19). The Morgan fingerprint density at radius 3 is 2.38 bits per heavy atom. The molecule has 1 N–H and O–H groups in total. The first kappa shape index (κ1) is 17.2. The molecule has 0 atom stereocenters. The minimum Gasteiger partial charge on any atom is -0.383 e. The largest absolute Gasteiger partial charge is 0.383 e. The Bertz CT molecular complexity index is 457. The fraction of sp³-hybridized carbons (Fsp3) is 0.500. The summed E-state index contributed by atoms with van der Waals surface area (Å²) in [5.74, 6) is -0.180. The van der Waals surface area contributed by atoms with Gasteiger partial charge in [0.25, 0.3) is 11.8 Å². The maximum atomic E-state index is 12.2. The summed E-state index contributed by atoms with van der Waals surface area (Å²) in [6, 6.07) is 6.72. The van der Waals surface area contributed by atoms with Gasteiger partial charge in [0.1, 0.15) is 0 Å².